The molecule has 0 radical (unpaired) electrons. The maximum atomic E-state index is 12.0. The van der Waals surface area contributed by atoms with Crippen LogP contribution in [0.1, 0.15) is 5.56 Å². The number of nitrogens with one attached hydrogen (secondary N) is 1. The van der Waals surface area contributed by atoms with E-state index in [-0.39, 0.29) is 5.91 Å². The highest BCUT2D eigenvalue weighted by atomic mass is 16.5. The van der Waals surface area contributed by atoms with E-state index in [0.29, 0.717) is 19.7 Å². The lowest BCUT2D eigenvalue weighted by molar-refractivity contribution is -0.127. The number of carbonyl (C=O) groups is 1. The zero-order chi connectivity index (χ0) is 16.9. The Morgan fingerprint density at radius 3 is 2.92 bits per heavy atom. The molecule has 0 bridgehead atoms. The second-order valence-electron chi connectivity index (χ2n) is 5.80. The number of anilines is 1. The van der Waals surface area contributed by atoms with E-state index in [2.05, 4.69) is 10.2 Å². The summed E-state index contributed by atoms with van der Waals surface area (Å²) in [5.74, 6) is 1.47. The molecule has 0 aliphatic carbocycles. The first-order chi connectivity index (χ1) is 11.7. The van der Waals surface area contributed by atoms with Crippen LogP contribution in [0.5, 0.6) is 11.5 Å². The van der Waals surface area contributed by atoms with Gasteiger partial charge < -0.3 is 19.7 Å². The second-order valence-corrected chi connectivity index (χ2v) is 5.80. The number of nitrogens with zero attached hydrogens (tertiary/aromatic N) is 1. The predicted octanol–water partition coefficient (Wildman–Crippen LogP) is 2.39. The van der Waals surface area contributed by atoms with Gasteiger partial charge in [0.1, 0.15) is 18.1 Å². The molecule has 0 unspecified atom stereocenters. The average Bonchev–Trinajstić information content (AvgIpc) is 2.61. The maximum absolute atomic E-state index is 12.0. The van der Waals surface area contributed by atoms with Gasteiger partial charge in [-0.15, -0.1) is 0 Å². The highest BCUT2D eigenvalue weighted by Crippen LogP contribution is 2.32. The van der Waals surface area contributed by atoms with Gasteiger partial charge in [0.2, 0.25) is 0 Å². The summed E-state index contributed by atoms with van der Waals surface area (Å²) in [5, 5.41) is 2.65. The van der Waals surface area contributed by atoms with Crippen LogP contribution in [0.15, 0.2) is 48.5 Å². The number of para-hydroxylation sites is 2. The van der Waals surface area contributed by atoms with Crippen molar-refractivity contribution >= 4 is 11.6 Å². The molecule has 2 aromatic carbocycles. The van der Waals surface area contributed by atoms with Crippen molar-refractivity contribution in [3.8, 4) is 11.5 Å². The van der Waals surface area contributed by atoms with Crippen LogP contribution in [-0.2, 0) is 4.79 Å². The minimum absolute atomic E-state index is 0.117. The number of hydrogen-bond acceptors (Lipinski definition) is 4. The fourth-order valence-corrected chi connectivity index (χ4v) is 2.80. The summed E-state index contributed by atoms with van der Waals surface area (Å²) in [5.41, 5.74) is 2.16. The monoisotopic (exact) mass is 326 g/mol. The minimum Gasteiger partial charge on any atom is -0.492 e. The van der Waals surface area contributed by atoms with Crippen molar-refractivity contribution in [1.82, 2.24) is 5.32 Å². The number of amides is 1. The topological polar surface area (TPSA) is 50.8 Å². The van der Waals surface area contributed by atoms with Gasteiger partial charge in [-0.3, -0.25) is 4.79 Å². The summed E-state index contributed by atoms with van der Waals surface area (Å²) >= 11 is 0. The lowest BCUT2D eigenvalue weighted by Gasteiger charge is -2.35. The Labute approximate surface area is 142 Å². The molecular weight excluding hydrogens is 304 g/mol. The van der Waals surface area contributed by atoms with Gasteiger partial charge in [0, 0.05) is 7.05 Å². The molecule has 1 N–H and O–H groups in total. The third-order valence-electron chi connectivity index (χ3n) is 4.02. The first-order valence-corrected chi connectivity index (χ1v) is 8.09. The molecular formula is C19H22N2O3. The Bertz CT molecular complexity index is 717. The van der Waals surface area contributed by atoms with Gasteiger partial charge >= 0.3 is 0 Å². The molecule has 5 nitrogen and oxygen atoms in total. The van der Waals surface area contributed by atoms with Gasteiger partial charge in [0.15, 0.2) is 6.10 Å². The Hall–Kier alpha value is -2.69. The van der Waals surface area contributed by atoms with Crippen LogP contribution >= 0.6 is 0 Å². The first-order valence-electron chi connectivity index (χ1n) is 8.09. The molecule has 5 heteroatoms. The van der Waals surface area contributed by atoms with Crippen molar-refractivity contribution in [2.75, 3.05) is 31.6 Å². The van der Waals surface area contributed by atoms with E-state index in [1.165, 1.54) is 5.56 Å². The number of aryl methyl sites for hydroxylation is 1. The van der Waals surface area contributed by atoms with Crippen LogP contribution in [-0.4, -0.2) is 38.8 Å². The van der Waals surface area contributed by atoms with E-state index in [9.17, 15) is 4.79 Å². The van der Waals surface area contributed by atoms with Crippen LogP contribution in [0.2, 0.25) is 0 Å². The zero-order valence-corrected chi connectivity index (χ0v) is 14.0. The predicted molar refractivity (Wildman–Crippen MR) is 93.8 cm³/mol. The SMILES string of the molecule is CNC(=O)[C@H]1CN(CCOc2cccc(C)c2)c2ccccc2O1. The fourth-order valence-electron chi connectivity index (χ4n) is 2.80. The maximum Gasteiger partial charge on any atom is 0.262 e. The molecule has 126 valence electrons. The van der Waals surface area contributed by atoms with E-state index < -0.39 is 6.10 Å². The Balaban J connectivity index is 1.68. The quantitative estimate of drug-likeness (QED) is 0.917. The van der Waals surface area contributed by atoms with Crippen LogP contribution < -0.4 is 19.7 Å². The molecule has 0 fully saturated rings. The van der Waals surface area contributed by atoms with Crippen molar-refractivity contribution in [3.63, 3.8) is 0 Å². The summed E-state index contributed by atoms with van der Waals surface area (Å²) in [4.78, 5) is 14.1. The van der Waals surface area contributed by atoms with Gasteiger partial charge in [-0.25, -0.2) is 0 Å². The van der Waals surface area contributed by atoms with E-state index in [1.54, 1.807) is 7.05 Å². The lowest BCUT2D eigenvalue weighted by Crippen LogP contribution is -2.49. The third kappa shape index (κ3) is 3.62. The van der Waals surface area contributed by atoms with Crippen molar-refractivity contribution in [2.24, 2.45) is 0 Å². The fraction of sp³-hybridized carbons (Fsp3) is 0.316. The normalized spacial score (nSPS) is 16.1. The lowest BCUT2D eigenvalue weighted by atomic mass is 10.2. The van der Waals surface area contributed by atoms with Gasteiger partial charge in [0.05, 0.1) is 18.8 Å². The second kappa shape index (κ2) is 7.25. The summed E-state index contributed by atoms with van der Waals surface area (Å²) in [6.45, 7) is 3.77. The Morgan fingerprint density at radius 2 is 2.12 bits per heavy atom. The standard InChI is InChI=1S/C19H22N2O3/c1-14-6-5-7-15(12-14)23-11-10-21-13-18(19(22)20-2)24-17-9-4-3-8-16(17)21/h3-9,12,18H,10-11,13H2,1-2H3,(H,20,22)/t18-/m1/s1. The van der Waals surface area contributed by atoms with Crippen LogP contribution in [0.4, 0.5) is 5.69 Å². The summed E-state index contributed by atoms with van der Waals surface area (Å²) < 4.78 is 11.6. The number of ether oxygens (including phenoxy) is 2. The van der Waals surface area contributed by atoms with Gasteiger partial charge in [-0.2, -0.15) is 0 Å². The highest BCUT2D eigenvalue weighted by Gasteiger charge is 2.29. The Morgan fingerprint density at radius 1 is 1.29 bits per heavy atom. The molecule has 0 aromatic heterocycles. The van der Waals surface area contributed by atoms with E-state index in [4.69, 9.17) is 9.47 Å². The van der Waals surface area contributed by atoms with E-state index in [1.807, 2.05) is 55.5 Å². The Kier molecular flexibility index (Phi) is 4.89. The number of rotatable bonds is 5. The van der Waals surface area contributed by atoms with Gasteiger partial charge in [-0.05, 0) is 36.8 Å². The molecule has 24 heavy (non-hydrogen) atoms. The molecule has 1 aliphatic heterocycles. The van der Waals surface area contributed by atoms with Crippen molar-refractivity contribution in [1.29, 1.82) is 0 Å². The molecule has 1 amide bonds. The molecule has 2 aromatic rings. The van der Waals surface area contributed by atoms with Crippen LogP contribution in [0, 0.1) is 6.92 Å². The largest absolute Gasteiger partial charge is 0.492 e. The summed E-state index contributed by atoms with van der Waals surface area (Å²) in [7, 11) is 1.62. The van der Waals surface area contributed by atoms with Crippen molar-refractivity contribution in [2.45, 2.75) is 13.0 Å². The summed E-state index contributed by atoms with van der Waals surface area (Å²) in [6.07, 6.45) is -0.510. The smallest absolute Gasteiger partial charge is 0.262 e. The van der Waals surface area contributed by atoms with Crippen molar-refractivity contribution < 1.29 is 14.3 Å². The highest BCUT2D eigenvalue weighted by molar-refractivity contribution is 5.83. The molecule has 1 atom stereocenters. The number of fused-ring (bicyclic) bond motifs is 1. The zero-order valence-electron chi connectivity index (χ0n) is 14.0. The average molecular weight is 326 g/mol. The molecule has 1 heterocycles. The van der Waals surface area contributed by atoms with E-state index >= 15 is 0 Å². The molecule has 0 saturated carbocycles. The first kappa shape index (κ1) is 16.2. The third-order valence-corrected chi connectivity index (χ3v) is 4.02. The minimum atomic E-state index is -0.510. The molecule has 1 aliphatic rings. The van der Waals surface area contributed by atoms with Crippen LogP contribution in [0.3, 0.4) is 0 Å². The summed E-state index contributed by atoms with van der Waals surface area (Å²) in [6, 6.07) is 15.8. The van der Waals surface area contributed by atoms with Gasteiger partial charge in [-0.1, -0.05) is 24.3 Å². The molecule has 0 spiro atoms. The number of hydrogen-bond donors (Lipinski definition) is 1. The molecule has 0 saturated heterocycles. The van der Waals surface area contributed by atoms with Gasteiger partial charge in [0.25, 0.3) is 5.91 Å². The van der Waals surface area contributed by atoms with Crippen LogP contribution in [0.25, 0.3) is 0 Å². The van der Waals surface area contributed by atoms with E-state index in [0.717, 1.165) is 17.2 Å². The van der Waals surface area contributed by atoms with Crippen molar-refractivity contribution in [3.05, 3.63) is 54.1 Å². The molecule has 3 rings (SSSR count). The number of likely N-dealkylation sites (N-methyl/N-ethyl adjacent to an activating group) is 1. The number of carbonyl (C=O) groups excluding carboxylic acids is 1. The number of benzene rings is 2.